The molecule has 0 bridgehead atoms. The summed E-state index contributed by atoms with van der Waals surface area (Å²) in [5, 5.41) is 44.6. The summed E-state index contributed by atoms with van der Waals surface area (Å²) in [5.41, 5.74) is 0. The van der Waals surface area contributed by atoms with E-state index in [4.69, 9.17) is 25.5 Å². The number of aliphatic hydroxyl groups excluding tert-OH is 5. The van der Waals surface area contributed by atoms with Crippen LogP contribution in [0.3, 0.4) is 0 Å². The van der Waals surface area contributed by atoms with Crippen molar-refractivity contribution in [1.29, 1.82) is 0 Å². The Morgan fingerprint density at radius 3 is 1.69 bits per heavy atom. The molecule has 78 valence electrons. The Hall–Kier alpha value is -0.1000. The fourth-order valence-electron chi connectivity index (χ4n) is 0.687. The summed E-state index contributed by atoms with van der Waals surface area (Å²) in [5.74, 6) is -1.34. The molecule has 0 rings (SSSR count). The van der Waals surface area contributed by atoms with Crippen LogP contribution < -0.4 is 0 Å². The average Bonchev–Trinajstić information content (AvgIpc) is 2.12. The summed E-state index contributed by atoms with van der Waals surface area (Å²) < 4.78 is 0. The molecule has 6 nitrogen and oxygen atoms in total. The summed E-state index contributed by atoms with van der Waals surface area (Å²) in [7, 11) is 1.80. The van der Waals surface area contributed by atoms with Gasteiger partial charge in [0.25, 0.3) is 0 Å². The second-order valence-electron chi connectivity index (χ2n) is 2.59. The summed E-state index contributed by atoms with van der Waals surface area (Å²) in [6.45, 7) is 0. The van der Waals surface area contributed by atoms with Crippen LogP contribution in [0.1, 0.15) is 0 Å². The van der Waals surface area contributed by atoms with Gasteiger partial charge in [-0.3, -0.25) is 0 Å². The number of aldehydes is 1. The molecule has 6 atom stereocenters. The first-order valence-corrected chi connectivity index (χ1v) is 4.19. The van der Waals surface area contributed by atoms with Gasteiger partial charge in [0.2, 0.25) is 0 Å². The van der Waals surface area contributed by atoms with Crippen LogP contribution in [0.2, 0.25) is 0 Å². The predicted octanol–water partition coefficient (Wildman–Crippen LogP) is -3.18. The first-order chi connectivity index (χ1) is 5.91. The molecule has 2 unspecified atom stereocenters. The van der Waals surface area contributed by atoms with Crippen molar-refractivity contribution in [3.05, 3.63) is 0 Å². The zero-order valence-electron chi connectivity index (χ0n) is 6.69. The molecule has 0 saturated carbocycles. The van der Waals surface area contributed by atoms with Crippen molar-refractivity contribution < 1.29 is 30.3 Å². The first-order valence-electron chi connectivity index (χ1n) is 3.53. The normalized spacial score (nSPS) is 22.9. The Morgan fingerprint density at radius 2 is 1.38 bits per heavy atom. The van der Waals surface area contributed by atoms with Crippen LogP contribution >= 0.6 is 9.24 Å². The van der Waals surface area contributed by atoms with Crippen molar-refractivity contribution in [2.45, 2.75) is 30.3 Å². The molecule has 0 amide bonds. The van der Waals surface area contributed by atoms with Crippen LogP contribution in [0.5, 0.6) is 0 Å². The highest BCUT2D eigenvalue weighted by Crippen LogP contribution is 2.11. The van der Waals surface area contributed by atoms with Crippen molar-refractivity contribution in [1.82, 2.24) is 0 Å². The van der Waals surface area contributed by atoms with Crippen LogP contribution in [0.15, 0.2) is 0 Å². The van der Waals surface area contributed by atoms with Gasteiger partial charge in [0.05, 0.1) is 5.85 Å². The van der Waals surface area contributed by atoms with Crippen molar-refractivity contribution in [3.63, 3.8) is 0 Å². The predicted molar refractivity (Wildman–Crippen MR) is 45.8 cm³/mol. The van der Waals surface area contributed by atoms with Crippen LogP contribution in [-0.4, -0.2) is 62.1 Å². The number of carbonyl (C=O) groups is 1. The quantitative estimate of drug-likeness (QED) is 0.242. The third kappa shape index (κ3) is 3.64. The van der Waals surface area contributed by atoms with E-state index in [9.17, 15) is 4.79 Å². The van der Waals surface area contributed by atoms with Gasteiger partial charge < -0.3 is 30.3 Å². The topological polar surface area (TPSA) is 118 Å². The Labute approximate surface area is 77.0 Å². The van der Waals surface area contributed by atoms with E-state index in [1.807, 2.05) is 0 Å². The third-order valence-electron chi connectivity index (χ3n) is 1.54. The van der Waals surface area contributed by atoms with Crippen molar-refractivity contribution >= 4 is 15.5 Å². The molecule has 7 heteroatoms. The summed E-state index contributed by atoms with van der Waals surface area (Å²) >= 11 is 0. The fraction of sp³-hybridized carbons (Fsp3) is 0.833. The van der Waals surface area contributed by atoms with E-state index >= 15 is 0 Å². The lowest BCUT2D eigenvalue weighted by molar-refractivity contribution is -0.138. The number of hydrogen-bond donors (Lipinski definition) is 5. The molecule has 0 aromatic heterocycles. The van der Waals surface area contributed by atoms with Gasteiger partial charge >= 0.3 is 0 Å². The molecule has 0 aliphatic carbocycles. The minimum atomic E-state index is -1.82. The van der Waals surface area contributed by atoms with E-state index in [0.717, 1.165) is 0 Å². The van der Waals surface area contributed by atoms with Crippen molar-refractivity contribution in [2.75, 3.05) is 0 Å². The van der Waals surface area contributed by atoms with Crippen LogP contribution in [0, 0.1) is 0 Å². The van der Waals surface area contributed by atoms with Gasteiger partial charge in [0, 0.05) is 0 Å². The van der Waals surface area contributed by atoms with Crippen LogP contribution in [0.25, 0.3) is 0 Å². The minimum Gasteiger partial charge on any atom is -0.387 e. The van der Waals surface area contributed by atoms with Gasteiger partial charge in [-0.15, -0.1) is 9.24 Å². The molecular formula is C6H13O6P. The average molecular weight is 212 g/mol. The van der Waals surface area contributed by atoms with E-state index in [1.165, 1.54) is 0 Å². The maximum absolute atomic E-state index is 9.97. The van der Waals surface area contributed by atoms with Gasteiger partial charge in [-0.25, -0.2) is 0 Å². The summed E-state index contributed by atoms with van der Waals surface area (Å²) in [4.78, 5) is 9.97. The van der Waals surface area contributed by atoms with E-state index in [2.05, 4.69) is 0 Å². The standard InChI is InChI=1S/C6H13O6P/c7-1-2(8)3(9)4(10)5(11)6(12)13/h1-6,8-12H,13H2/t2-,3-,4+,5+,6?/m1/s1. The van der Waals surface area contributed by atoms with Gasteiger partial charge in [0.15, 0.2) is 6.29 Å². The van der Waals surface area contributed by atoms with Crippen molar-refractivity contribution in [3.8, 4) is 0 Å². The molecule has 0 aliphatic rings. The lowest BCUT2D eigenvalue weighted by atomic mass is 10.0. The molecule has 0 aromatic rings. The maximum atomic E-state index is 9.97. The summed E-state index contributed by atoms with van der Waals surface area (Å²) in [6.07, 6.45) is -7.01. The Morgan fingerprint density at radius 1 is 0.923 bits per heavy atom. The van der Waals surface area contributed by atoms with Crippen LogP contribution in [0.4, 0.5) is 0 Å². The summed E-state index contributed by atoms with van der Waals surface area (Å²) in [6, 6.07) is 0. The van der Waals surface area contributed by atoms with Crippen molar-refractivity contribution in [2.24, 2.45) is 0 Å². The molecule has 0 saturated heterocycles. The number of rotatable bonds is 5. The SMILES string of the molecule is O=C[C@@H](O)[C@@H](O)[C@H](O)[C@H](O)C(O)P. The zero-order chi connectivity index (χ0) is 10.6. The number of aliphatic hydroxyl groups is 5. The van der Waals surface area contributed by atoms with E-state index in [-0.39, 0.29) is 6.29 Å². The number of hydrogen-bond acceptors (Lipinski definition) is 6. The van der Waals surface area contributed by atoms with E-state index in [1.54, 1.807) is 9.24 Å². The highest BCUT2D eigenvalue weighted by Gasteiger charge is 2.32. The van der Waals surface area contributed by atoms with E-state index in [0.29, 0.717) is 0 Å². The first kappa shape index (κ1) is 12.9. The third-order valence-corrected chi connectivity index (χ3v) is 1.93. The van der Waals surface area contributed by atoms with Gasteiger partial charge in [-0.05, 0) is 0 Å². The Balaban J connectivity index is 4.23. The smallest absolute Gasteiger partial charge is 0.151 e. The maximum Gasteiger partial charge on any atom is 0.151 e. The molecular weight excluding hydrogens is 199 g/mol. The van der Waals surface area contributed by atoms with Gasteiger partial charge in [0.1, 0.15) is 24.4 Å². The molecule has 0 heterocycles. The Kier molecular flexibility index (Phi) is 5.55. The minimum absolute atomic E-state index is 0.0236. The molecule has 0 spiro atoms. The van der Waals surface area contributed by atoms with E-state index < -0.39 is 30.3 Å². The van der Waals surface area contributed by atoms with Crippen LogP contribution in [-0.2, 0) is 4.79 Å². The Bertz CT molecular complexity index is 163. The lowest BCUT2D eigenvalue weighted by Crippen LogP contribution is -2.48. The molecule has 0 aliphatic heterocycles. The zero-order valence-corrected chi connectivity index (χ0v) is 7.84. The fourth-order valence-corrected chi connectivity index (χ4v) is 0.914. The highest BCUT2D eigenvalue weighted by molar-refractivity contribution is 7.17. The molecule has 13 heavy (non-hydrogen) atoms. The van der Waals surface area contributed by atoms with Gasteiger partial charge in [-0.1, -0.05) is 0 Å². The molecule has 0 aromatic carbocycles. The highest BCUT2D eigenvalue weighted by atomic mass is 31.0. The molecule has 5 N–H and O–H groups in total. The lowest BCUT2D eigenvalue weighted by Gasteiger charge is -2.25. The monoisotopic (exact) mass is 212 g/mol. The molecule has 0 radical (unpaired) electrons. The second-order valence-corrected chi connectivity index (χ2v) is 3.27. The van der Waals surface area contributed by atoms with Gasteiger partial charge in [-0.2, -0.15) is 0 Å². The molecule has 0 fully saturated rings. The largest absolute Gasteiger partial charge is 0.387 e. The second kappa shape index (κ2) is 5.59. The number of carbonyl (C=O) groups excluding carboxylic acids is 1.